The van der Waals surface area contributed by atoms with E-state index in [4.69, 9.17) is 9.47 Å². The van der Waals surface area contributed by atoms with E-state index in [0.717, 1.165) is 38.2 Å². The number of methoxy groups -OCH3 is 1. The molecule has 0 spiro atoms. The fourth-order valence-corrected chi connectivity index (χ4v) is 2.01. The van der Waals surface area contributed by atoms with E-state index in [-0.39, 0.29) is 0 Å². The highest BCUT2D eigenvalue weighted by molar-refractivity contribution is 5.20. The van der Waals surface area contributed by atoms with Gasteiger partial charge in [-0.2, -0.15) is 0 Å². The minimum absolute atomic E-state index is 0.480. The van der Waals surface area contributed by atoms with Gasteiger partial charge in [-0.1, -0.05) is 18.2 Å². The van der Waals surface area contributed by atoms with Crippen LogP contribution in [0.3, 0.4) is 0 Å². The summed E-state index contributed by atoms with van der Waals surface area (Å²) in [4.78, 5) is 0. The van der Waals surface area contributed by atoms with Gasteiger partial charge in [-0.15, -0.1) is 0 Å². The van der Waals surface area contributed by atoms with E-state index in [1.807, 2.05) is 30.3 Å². The molecule has 1 N–H and O–H groups in total. The Hall–Kier alpha value is -1.06. The van der Waals surface area contributed by atoms with Gasteiger partial charge in [0, 0.05) is 13.2 Å². The van der Waals surface area contributed by atoms with Crippen LogP contribution in [0.25, 0.3) is 0 Å². The number of hydrogen-bond donors (Lipinski definition) is 1. The fraction of sp³-hybridized carbons (Fsp3) is 0.571. The number of benzene rings is 1. The molecule has 17 heavy (non-hydrogen) atoms. The predicted octanol–water partition coefficient (Wildman–Crippen LogP) is 2.22. The Morgan fingerprint density at radius 2 is 2.00 bits per heavy atom. The first-order chi connectivity index (χ1) is 8.38. The maximum absolute atomic E-state index is 5.62. The van der Waals surface area contributed by atoms with E-state index in [0.29, 0.717) is 12.1 Å². The molecule has 1 saturated carbocycles. The molecule has 0 bridgehead atoms. The summed E-state index contributed by atoms with van der Waals surface area (Å²) in [5.41, 5.74) is 0. The van der Waals surface area contributed by atoms with Crippen molar-refractivity contribution in [1.29, 1.82) is 0 Å². The van der Waals surface area contributed by atoms with E-state index in [9.17, 15) is 0 Å². The van der Waals surface area contributed by atoms with Gasteiger partial charge in [0.15, 0.2) is 0 Å². The summed E-state index contributed by atoms with van der Waals surface area (Å²) in [6.07, 6.45) is 3.82. The third-order valence-corrected chi connectivity index (χ3v) is 3.19. The first kappa shape index (κ1) is 12.4. The van der Waals surface area contributed by atoms with E-state index < -0.39 is 0 Å². The number of nitrogens with one attached hydrogen (secondary N) is 1. The van der Waals surface area contributed by atoms with Crippen LogP contribution in [0.5, 0.6) is 5.75 Å². The Morgan fingerprint density at radius 3 is 2.71 bits per heavy atom. The molecule has 0 heterocycles. The van der Waals surface area contributed by atoms with Crippen LogP contribution in [0.4, 0.5) is 0 Å². The van der Waals surface area contributed by atoms with Gasteiger partial charge in [0.05, 0.1) is 12.7 Å². The first-order valence-corrected chi connectivity index (χ1v) is 6.32. The van der Waals surface area contributed by atoms with Crippen molar-refractivity contribution in [1.82, 2.24) is 5.32 Å². The van der Waals surface area contributed by atoms with Crippen LogP contribution in [0.15, 0.2) is 30.3 Å². The molecule has 0 aromatic heterocycles. The van der Waals surface area contributed by atoms with Crippen molar-refractivity contribution in [2.24, 2.45) is 0 Å². The second-order valence-corrected chi connectivity index (χ2v) is 4.50. The smallest absolute Gasteiger partial charge is 0.119 e. The van der Waals surface area contributed by atoms with Crippen molar-refractivity contribution in [3.63, 3.8) is 0 Å². The normalized spacial score (nSPS) is 23.1. The molecule has 0 amide bonds. The summed E-state index contributed by atoms with van der Waals surface area (Å²) in [6, 6.07) is 10.6. The molecule has 2 rings (SSSR count). The molecule has 1 aromatic rings. The van der Waals surface area contributed by atoms with Gasteiger partial charge in [-0.25, -0.2) is 0 Å². The molecular formula is C14H21NO2. The summed E-state index contributed by atoms with van der Waals surface area (Å²) in [5, 5.41) is 3.51. The Bertz CT molecular complexity index is 309. The minimum Gasteiger partial charge on any atom is -0.494 e. The molecule has 0 atom stereocenters. The molecule has 1 aliphatic carbocycles. The lowest BCUT2D eigenvalue weighted by Crippen LogP contribution is -2.45. The van der Waals surface area contributed by atoms with Gasteiger partial charge in [-0.05, 0) is 37.9 Å². The second-order valence-electron chi connectivity index (χ2n) is 4.50. The lowest BCUT2D eigenvalue weighted by atomic mass is 9.89. The van der Waals surface area contributed by atoms with Crippen molar-refractivity contribution in [3.8, 4) is 5.75 Å². The molecule has 0 saturated heterocycles. The molecule has 3 heteroatoms. The monoisotopic (exact) mass is 235 g/mol. The van der Waals surface area contributed by atoms with Gasteiger partial charge in [-0.3, -0.25) is 0 Å². The average Bonchev–Trinajstić information content (AvgIpc) is 2.32. The molecule has 1 fully saturated rings. The van der Waals surface area contributed by atoms with Crippen LogP contribution in [-0.4, -0.2) is 32.4 Å². The predicted molar refractivity (Wildman–Crippen MR) is 68.4 cm³/mol. The molecular weight excluding hydrogens is 214 g/mol. The zero-order chi connectivity index (χ0) is 11.9. The van der Waals surface area contributed by atoms with Crippen LogP contribution in [0.2, 0.25) is 0 Å². The van der Waals surface area contributed by atoms with Crippen LogP contribution < -0.4 is 10.1 Å². The van der Waals surface area contributed by atoms with Crippen LogP contribution in [0, 0.1) is 0 Å². The van der Waals surface area contributed by atoms with Crippen LogP contribution in [-0.2, 0) is 4.74 Å². The van der Waals surface area contributed by atoms with Crippen molar-refractivity contribution < 1.29 is 9.47 Å². The largest absolute Gasteiger partial charge is 0.494 e. The van der Waals surface area contributed by atoms with Crippen LogP contribution in [0.1, 0.15) is 19.3 Å². The number of hydrogen-bond acceptors (Lipinski definition) is 3. The Morgan fingerprint density at radius 1 is 1.24 bits per heavy atom. The maximum Gasteiger partial charge on any atom is 0.119 e. The fourth-order valence-electron chi connectivity index (χ4n) is 2.01. The average molecular weight is 235 g/mol. The molecule has 0 aliphatic heterocycles. The Balaban J connectivity index is 1.47. The van der Waals surface area contributed by atoms with Gasteiger partial charge in [0.2, 0.25) is 0 Å². The summed E-state index contributed by atoms with van der Waals surface area (Å²) < 4.78 is 10.9. The highest BCUT2D eigenvalue weighted by Crippen LogP contribution is 2.22. The lowest BCUT2D eigenvalue weighted by Gasteiger charge is -2.34. The van der Waals surface area contributed by atoms with Gasteiger partial charge in [0.25, 0.3) is 0 Å². The topological polar surface area (TPSA) is 30.5 Å². The van der Waals surface area contributed by atoms with Crippen molar-refractivity contribution in [2.75, 3.05) is 20.3 Å². The van der Waals surface area contributed by atoms with Gasteiger partial charge >= 0.3 is 0 Å². The molecule has 0 radical (unpaired) electrons. The zero-order valence-electron chi connectivity index (χ0n) is 10.4. The van der Waals surface area contributed by atoms with E-state index >= 15 is 0 Å². The standard InChI is InChI=1S/C14H21NO2/c1-16-14-10-12(11-14)15-8-5-9-17-13-6-3-2-4-7-13/h2-4,6-7,12,14-15H,5,8-11H2,1H3. The quantitative estimate of drug-likeness (QED) is 0.735. The second kappa shape index (κ2) is 6.62. The third kappa shape index (κ3) is 4.02. The Labute approximate surface area is 103 Å². The van der Waals surface area contributed by atoms with E-state index in [1.54, 1.807) is 7.11 Å². The molecule has 1 aliphatic rings. The molecule has 3 nitrogen and oxygen atoms in total. The first-order valence-electron chi connectivity index (χ1n) is 6.32. The highest BCUT2D eigenvalue weighted by Gasteiger charge is 2.27. The third-order valence-electron chi connectivity index (χ3n) is 3.19. The lowest BCUT2D eigenvalue weighted by molar-refractivity contribution is 0.0173. The summed E-state index contributed by atoms with van der Waals surface area (Å²) in [5.74, 6) is 0.954. The summed E-state index contributed by atoms with van der Waals surface area (Å²) in [7, 11) is 1.79. The van der Waals surface area contributed by atoms with E-state index in [1.165, 1.54) is 0 Å². The molecule has 1 aromatic carbocycles. The number of para-hydroxylation sites is 1. The summed E-state index contributed by atoms with van der Waals surface area (Å²) in [6.45, 7) is 1.80. The van der Waals surface area contributed by atoms with Crippen molar-refractivity contribution >= 4 is 0 Å². The zero-order valence-corrected chi connectivity index (χ0v) is 10.4. The molecule has 0 unspecified atom stereocenters. The highest BCUT2D eigenvalue weighted by atomic mass is 16.5. The van der Waals surface area contributed by atoms with Gasteiger partial charge in [0.1, 0.15) is 5.75 Å². The number of ether oxygens (including phenoxy) is 2. The molecule has 94 valence electrons. The van der Waals surface area contributed by atoms with Crippen molar-refractivity contribution in [3.05, 3.63) is 30.3 Å². The van der Waals surface area contributed by atoms with Gasteiger partial charge < -0.3 is 14.8 Å². The number of rotatable bonds is 7. The maximum atomic E-state index is 5.62. The summed E-state index contributed by atoms with van der Waals surface area (Å²) >= 11 is 0. The van der Waals surface area contributed by atoms with E-state index in [2.05, 4.69) is 5.32 Å². The minimum atomic E-state index is 0.480. The van der Waals surface area contributed by atoms with Crippen molar-refractivity contribution in [2.45, 2.75) is 31.4 Å². The Kier molecular flexibility index (Phi) is 4.83. The van der Waals surface area contributed by atoms with Crippen LogP contribution >= 0.6 is 0 Å². The SMILES string of the molecule is COC1CC(NCCCOc2ccccc2)C1.